The maximum atomic E-state index is 10.9. The molecule has 14 saturated heterocycles. The monoisotopic (exact) mass is 1570 g/mol. The molecule has 14 fully saturated rings. The van der Waals surface area contributed by atoms with Crippen molar-refractivity contribution in [3.05, 3.63) is 71.4 Å². The first-order chi connectivity index (χ1) is 46.7. The molecule has 43 heteroatoms. The van der Waals surface area contributed by atoms with E-state index in [4.69, 9.17) is 152 Å². The smallest absolute Gasteiger partial charge is 0.348 e. The second-order valence-electron chi connectivity index (χ2n) is 26.4. The van der Waals surface area contributed by atoms with Gasteiger partial charge in [0.05, 0.1) is 101 Å². The summed E-state index contributed by atoms with van der Waals surface area (Å²) in [4.78, 5) is 106. The second-order valence-corrected chi connectivity index (χ2v) is 35.3. The Morgan fingerprint density at radius 3 is 1.31 bits per heavy atom. The second kappa shape index (κ2) is 34.3. The van der Waals surface area contributed by atoms with Crippen LogP contribution in [-0.2, 0) is 113 Å². The minimum absolute atomic E-state index is 0.0182. The van der Waals surface area contributed by atoms with Crippen LogP contribution < -0.4 is 0 Å². The zero-order valence-electron chi connectivity index (χ0n) is 57.5. The molecule has 0 saturated carbocycles. The lowest BCUT2D eigenvalue weighted by Crippen LogP contribution is -2.64. The molecule has 0 aromatic rings. The number of methoxy groups -OCH3 is 6. The van der Waals surface area contributed by atoms with Gasteiger partial charge in [0.1, 0.15) is 84.2 Å². The third-order valence-corrected chi connectivity index (χ3v) is 22.1. The largest absolute Gasteiger partial charge is 0.379 e. The van der Waals surface area contributed by atoms with Gasteiger partial charge in [-0.1, -0.05) is 6.92 Å². The predicted octanol–water partition coefficient (Wildman–Crippen LogP) is 2.41. The molecule has 14 heterocycles. The van der Waals surface area contributed by atoms with E-state index in [1.807, 2.05) is 34.6 Å². The van der Waals surface area contributed by atoms with E-state index in [1.54, 1.807) is 28.4 Å². The van der Waals surface area contributed by atoms with Crippen molar-refractivity contribution in [1.29, 1.82) is 0 Å². The van der Waals surface area contributed by atoms with E-state index in [9.17, 15) is 27.4 Å². The highest BCUT2D eigenvalue weighted by Crippen LogP contribution is 2.51. The molecule has 14 rings (SSSR count). The van der Waals surface area contributed by atoms with Crippen LogP contribution in [0.5, 0.6) is 0 Å². The van der Waals surface area contributed by atoms with Crippen LogP contribution in [-0.4, -0.2) is 293 Å². The zero-order valence-corrected chi connectivity index (χ0v) is 62.9. The maximum absolute atomic E-state index is 10.9. The molecule has 578 valence electrons. The lowest BCUT2D eigenvalue weighted by atomic mass is 9.78. The Hall–Kier alpha value is -1.32. The third kappa shape index (κ3) is 22.2. The highest BCUT2D eigenvalue weighted by molar-refractivity contribution is 7.56. The van der Waals surface area contributed by atoms with Crippen LogP contribution >= 0.6 is 45.6 Å². The average Bonchev–Trinajstić information content (AvgIpc) is 1.71. The Morgan fingerprint density at radius 2 is 0.802 bits per heavy atom. The number of fused-ring (bicyclic) bond motifs is 14. The standard InChI is InChI=1S/4C10H17O6P.C9H14BO6P.C9H15O6P/c1-7-8-9(14-2)10(16-7,3-5-15-8)4-6-17(11,12)13;1-7-9-8(14-2)5-10(16-7,6-15-9)3-4-17(11,12)13;1-7-5-16-10(3-4-17(11,12)13)6-15-8(7)9(10)14-2;1-7-5-8-9(14-2)10(16-7,6-15-8)3-4-17(11,12)13;1-14-7-4-6-8(10)16-9(7,5-15-6)2-3-17(11,12)13;1-6-7-8(13-2)9(15-6,5-14-7)3-4-16(10,11)12/h4,6-9H,3,5H2,1-2H3,(H2,11,12,13);3*3-4,7-9H,5-6H2,1-2H3,(H2,11,12,13);2-3,6-8H,4-5H2,1H3,(H2,11,12,13);3-4,6-8H,5H2,1-2H3,(H2,10,11,12)/b6-4+;3*4-3+;3-2+;4-3+/t7-,8+,9?,10+;7?,8-,9+,10-;;;6-,7+,8?,9+;6-,7+,8?,9-/m01..10/s1. The molecule has 14 aliphatic heterocycles. The molecule has 36 nitrogen and oxygen atoms in total. The van der Waals surface area contributed by atoms with Crippen LogP contribution in [0.25, 0.3) is 0 Å². The van der Waals surface area contributed by atoms with Crippen molar-refractivity contribution in [2.75, 3.05) is 88.9 Å². The fourth-order valence-electron chi connectivity index (χ4n) is 14.4. The highest BCUT2D eigenvalue weighted by atomic mass is 31.2. The summed E-state index contributed by atoms with van der Waals surface area (Å²) in [5.74, 6) is 5.35. The summed E-state index contributed by atoms with van der Waals surface area (Å²) >= 11 is 0. The van der Waals surface area contributed by atoms with Gasteiger partial charge in [-0.3, -0.25) is 27.4 Å². The molecule has 24 atom stereocenters. The van der Waals surface area contributed by atoms with Crippen LogP contribution in [0.3, 0.4) is 0 Å². The van der Waals surface area contributed by atoms with Crippen molar-refractivity contribution in [3.63, 3.8) is 0 Å². The lowest BCUT2D eigenvalue weighted by molar-refractivity contribution is -0.284. The first-order valence-corrected chi connectivity index (χ1v) is 42.0. The Bertz CT molecular complexity index is 3170. The fourth-order valence-corrected chi connectivity index (χ4v) is 17.1. The molecule has 0 aromatic heterocycles. The summed E-state index contributed by atoms with van der Waals surface area (Å²) in [5, 5.41) is 0. The molecule has 12 N–H and O–H groups in total. The predicted molar refractivity (Wildman–Crippen MR) is 353 cm³/mol. The van der Waals surface area contributed by atoms with Gasteiger partial charge in [-0.2, -0.15) is 0 Å². The van der Waals surface area contributed by atoms with Crippen molar-refractivity contribution in [2.24, 2.45) is 5.92 Å². The quantitative estimate of drug-likeness (QED) is 0.0692. The summed E-state index contributed by atoms with van der Waals surface area (Å²) in [7, 11) is -10.1. The molecule has 12 bridgehead atoms. The van der Waals surface area contributed by atoms with E-state index < -0.39 is 85.2 Å². The Morgan fingerprint density at radius 1 is 0.396 bits per heavy atom. The van der Waals surface area contributed by atoms with Crippen molar-refractivity contribution >= 4 is 53.4 Å². The Kier molecular flexibility index (Phi) is 29.5. The summed E-state index contributed by atoms with van der Waals surface area (Å²) in [6.45, 7) is 11.8. The van der Waals surface area contributed by atoms with Crippen molar-refractivity contribution < 1.29 is 171 Å². The van der Waals surface area contributed by atoms with Gasteiger partial charge in [0.2, 0.25) is 0 Å². The van der Waals surface area contributed by atoms with E-state index in [0.717, 1.165) is 41.3 Å². The van der Waals surface area contributed by atoms with Crippen molar-refractivity contribution in [3.8, 4) is 0 Å². The topological polar surface area (TPSA) is 511 Å². The van der Waals surface area contributed by atoms with Gasteiger partial charge in [-0.05, 0) is 64.2 Å². The molecule has 2 radical (unpaired) electrons. The van der Waals surface area contributed by atoms with Gasteiger partial charge in [0.15, 0.2) is 0 Å². The fraction of sp³-hybridized carbons (Fsp3) is 0.793. The Labute approximate surface area is 586 Å². The van der Waals surface area contributed by atoms with E-state index in [-0.39, 0.29) is 130 Å². The van der Waals surface area contributed by atoms with E-state index >= 15 is 0 Å². The molecule has 14 aliphatic rings. The zero-order chi connectivity index (χ0) is 75.4. The van der Waals surface area contributed by atoms with Gasteiger partial charge in [0.25, 0.3) is 0 Å². The number of hydrogen-bond donors (Lipinski definition) is 12. The van der Waals surface area contributed by atoms with Crippen LogP contribution in [0.15, 0.2) is 71.4 Å². The average molecular weight is 1570 g/mol. The minimum atomic E-state index is -4.24. The molecule has 0 aromatic carbocycles. The normalized spacial score (nSPS) is 42.4. The summed E-state index contributed by atoms with van der Waals surface area (Å²) < 4.78 is 165. The van der Waals surface area contributed by atoms with Crippen LogP contribution in [0, 0.1) is 5.92 Å². The van der Waals surface area contributed by atoms with E-state index in [1.165, 1.54) is 50.7 Å². The van der Waals surface area contributed by atoms with Gasteiger partial charge in [0, 0.05) is 115 Å². The molecule has 0 amide bonds. The van der Waals surface area contributed by atoms with Crippen molar-refractivity contribution in [2.45, 2.75) is 198 Å². The van der Waals surface area contributed by atoms with Crippen LogP contribution in [0.2, 0.25) is 0 Å². The van der Waals surface area contributed by atoms with Crippen molar-refractivity contribution in [1.82, 2.24) is 0 Å². The highest BCUT2D eigenvalue weighted by Gasteiger charge is 2.61. The molecule has 0 aliphatic carbocycles. The van der Waals surface area contributed by atoms with Gasteiger partial charge < -0.3 is 144 Å². The van der Waals surface area contributed by atoms with E-state index in [2.05, 4.69) is 0 Å². The first kappa shape index (κ1) is 86.9. The number of rotatable bonds is 18. The third-order valence-electron chi connectivity index (χ3n) is 18.9. The molecule has 101 heavy (non-hydrogen) atoms. The van der Waals surface area contributed by atoms with Gasteiger partial charge >= 0.3 is 45.6 Å². The summed E-state index contributed by atoms with van der Waals surface area (Å²) in [6.07, 6.45) is 7.61. The molecular weight excluding hydrogens is 1470 g/mol. The van der Waals surface area contributed by atoms with Crippen LogP contribution in [0.1, 0.15) is 60.3 Å². The Balaban J connectivity index is 0.000000170. The summed E-state index contributed by atoms with van der Waals surface area (Å²) in [5.41, 5.74) is -5.18. The number of ether oxygens (including phenoxy) is 18. The van der Waals surface area contributed by atoms with Crippen LogP contribution in [0.4, 0.5) is 0 Å². The maximum Gasteiger partial charge on any atom is 0.348 e. The van der Waals surface area contributed by atoms with Gasteiger partial charge in [-0.15, -0.1) is 0 Å². The lowest BCUT2D eigenvalue weighted by Gasteiger charge is -2.52. The summed E-state index contributed by atoms with van der Waals surface area (Å²) in [6, 6.07) is -0.600. The van der Waals surface area contributed by atoms with Gasteiger partial charge in [-0.25, -0.2) is 0 Å². The molecule has 12 unspecified atom stereocenters. The first-order valence-electron chi connectivity index (χ1n) is 31.9. The minimum Gasteiger partial charge on any atom is -0.379 e. The van der Waals surface area contributed by atoms with E-state index in [0.29, 0.717) is 39.1 Å². The molecular formula is C58H97BO36P6. The SMILES string of the molecule is COC1C2CC(C)OC1(/C=C/P(=O)(O)O)CO2.COC1C2OCC1(/C=C/P(=O)(O)O)OCC2C.COC1[C@@H]2OCC[C@]1(/C=C/P(=O)(O)O)O[C@H]2C.COC1[C@@H]2OC[C@]1(/C=C/P(=O)(O)O)O[C@H]2C.CO[C@@H]1C[C@]2(/C=C/P(=O)(O)O)CO[C@H]1C(C)O2.[B]C1O[C@@]2(/C=C/P(=O)(O)O)CO[C@@H]1C[C@@H]2OC. The number of hydrogen-bond acceptors (Lipinski definition) is 24. The molecule has 0 spiro atoms.